The first-order valence-corrected chi connectivity index (χ1v) is 5.16. The zero-order valence-electron chi connectivity index (χ0n) is 8.60. The Kier molecular flexibility index (Phi) is 2.48. The number of fused-ring (bicyclic) bond motifs is 1. The molecule has 1 atom stereocenters. The topological polar surface area (TPSA) is 75.3 Å². The van der Waals surface area contributed by atoms with Crippen molar-refractivity contribution in [3.8, 4) is 0 Å². The second kappa shape index (κ2) is 3.66. The first-order valence-electron chi connectivity index (χ1n) is 5.16. The minimum atomic E-state index is -1.01. The zero-order valence-corrected chi connectivity index (χ0v) is 8.60. The third-order valence-electron chi connectivity index (χ3n) is 2.78. The van der Waals surface area contributed by atoms with Gasteiger partial charge in [0.25, 0.3) is 0 Å². The van der Waals surface area contributed by atoms with Gasteiger partial charge in [-0.25, -0.2) is 9.78 Å². The van der Waals surface area contributed by atoms with Gasteiger partial charge in [0.15, 0.2) is 5.69 Å². The van der Waals surface area contributed by atoms with Crippen LogP contribution in [0.2, 0.25) is 0 Å². The molecule has 0 spiro atoms. The molecule has 15 heavy (non-hydrogen) atoms. The van der Waals surface area contributed by atoms with Gasteiger partial charge in [-0.1, -0.05) is 6.92 Å². The highest BCUT2D eigenvalue weighted by Gasteiger charge is 2.27. The summed E-state index contributed by atoms with van der Waals surface area (Å²) in [6.07, 6.45) is 2.21. The Labute approximate surface area is 87.4 Å². The van der Waals surface area contributed by atoms with Gasteiger partial charge in [-0.2, -0.15) is 0 Å². The highest BCUT2D eigenvalue weighted by Crippen LogP contribution is 2.27. The predicted molar refractivity (Wildman–Crippen MR) is 52.8 cm³/mol. The van der Waals surface area contributed by atoms with Gasteiger partial charge in [-0.15, -0.1) is 0 Å². The lowest BCUT2D eigenvalue weighted by Crippen LogP contribution is -2.20. The van der Waals surface area contributed by atoms with Crippen molar-refractivity contribution in [2.24, 2.45) is 0 Å². The van der Waals surface area contributed by atoms with E-state index in [1.807, 2.05) is 6.92 Å². The number of hydrogen-bond acceptors (Lipinski definition) is 3. The lowest BCUT2D eigenvalue weighted by molar-refractivity contribution is 0.0675. The van der Waals surface area contributed by atoms with Crippen LogP contribution in [0, 0.1) is 0 Å². The molecule has 1 aliphatic heterocycles. The molecule has 1 unspecified atom stereocenters. The van der Waals surface area contributed by atoms with Crippen LogP contribution in [0.4, 0.5) is 0 Å². The second-order valence-electron chi connectivity index (χ2n) is 3.72. The van der Waals surface area contributed by atoms with Crippen LogP contribution in [-0.2, 0) is 12.8 Å². The molecule has 2 rings (SSSR count). The summed E-state index contributed by atoms with van der Waals surface area (Å²) in [7, 11) is 0. The van der Waals surface area contributed by atoms with Crippen molar-refractivity contribution in [1.82, 2.24) is 9.55 Å². The van der Waals surface area contributed by atoms with E-state index in [4.69, 9.17) is 5.11 Å². The van der Waals surface area contributed by atoms with Gasteiger partial charge in [-0.05, 0) is 19.3 Å². The molecular weight excluding hydrogens is 196 g/mol. The average Bonchev–Trinajstić information content (AvgIpc) is 2.58. The summed E-state index contributed by atoms with van der Waals surface area (Å²) < 4.78 is 1.67. The summed E-state index contributed by atoms with van der Waals surface area (Å²) in [5.74, 6) is -0.345. The average molecular weight is 210 g/mol. The van der Waals surface area contributed by atoms with E-state index >= 15 is 0 Å². The molecule has 0 amide bonds. The minimum absolute atomic E-state index is 0.102. The van der Waals surface area contributed by atoms with E-state index in [0.29, 0.717) is 30.8 Å². The molecule has 0 aromatic carbocycles. The van der Waals surface area contributed by atoms with E-state index in [9.17, 15) is 9.90 Å². The molecule has 5 heteroatoms. The van der Waals surface area contributed by atoms with Gasteiger partial charge in [0, 0.05) is 6.42 Å². The number of hydrogen-bond donors (Lipinski definition) is 2. The van der Waals surface area contributed by atoms with Crippen LogP contribution in [0.25, 0.3) is 0 Å². The van der Waals surface area contributed by atoms with Gasteiger partial charge in [0.05, 0.1) is 5.69 Å². The molecule has 0 saturated carbocycles. The molecule has 82 valence electrons. The van der Waals surface area contributed by atoms with Crippen molar-refractivity contribution in [2.75, 3.05) is 0 Å². The molecule has 1 aromatic heterocycles. The number of carbonyl (C=O) groups is 1. The lowest BCUT2D eigenvalue weighted by atomic mass is 10.1. The monoisotopic (exact) mass is 210 g/mol. The van der Waals surface area contributed by atoms with Crippen molar-refractivity contribution in [1.29, 1.82) is 0 Å². The Morgan fingerprint density at radius 3 is 3.00 bits per heavy atom. The third kappa shape index (κ3) is 1.52. The van der Waals surface area contributed by atoms with Crippen LogP contribution in [0.5, 0.6) is 0 Å². The van der Waals surface area contributed by atoms with E-state index < -0.39 is 12.2 Å². The van der Waals surface area contributed by atoms with Crippen molar-refractivity contribution in [2.45, 2.75) is 38.8 Å². The molecule has 0 bridgehead atoms. The molecule has 1 aromatic rings. The number of aliphatic hydroxyl groups is 1. The minimum Gasteiger partial charge on any atom is -0.476 e. The Morgan fingerprint density at radius 2 is 2.40 bits per heavy atom. The number of carboxylic acids is 1. The van der Waals surface area contributed by atoms with Crippen molar-refractivity contribution >= 4 is 5.97 Å². The van der Waals surface area contributed by atoms with Crippen LogP contribution >= 0.6 is 0 Å². The van der Waals surface area contributed by atoms with Gasteiger partial charge in [-0.3, -0.25) is 0 Å². The van der Waals surface area contributed by atoms with Crippen LogP contribution in [-0.4, -0.2) is 25.7 Å². The van der Waals surface area contributed by atoms with Gasteiger partial charge in [0.2, 0.25) is 0 Å². The number of aliphatic hydroxyl groups excluding tert-OH is 1. The maximum Gasteiger partial charge on any atom is 0.356 e. The fourth-order valence-electron chi connectivity index (χ4n) is 2.11. The summed E-state index contributed by atoms with van der Waals surface area (Å²) in [5, 5.41) is 18.8. The molecule has 1 aliphatic rings. The SMILES string of the molecule is CCc1nc(C(=O)O)c2n1C(O)CCC2. The predicted octanol–water partition coefficient (Wildman–Crippen LogP) is 0.971. The third-order valence-corrected chi connectivity index (χ3v) is 2.78. The van der Waals surface area contributed by atoms with Crippen LogP contribution < -0.4 is 0 Å². The molecule has 0 fully saturated rings. The van der Waals surface area contributed by atoms with Crippen LogP contribution in [0.15, 0.2) is 0 Å². The fourth-order valence-corrected chi connectivity index (χ4v) is 2.11. The summed E-state index contributed by atoms with van der Waals surface area (Å²) in [4.78, 5) is 15.0. The molecule has 2 N–H and O–H groups in total. The first kappa shape index (κ1) is 10.2. The first-order chi connectivity index (χ1) is 7.15. The number of rotatable bonds is 2. The largest absolute Gasteiger partial charge is 0.476 e. The van der Waals surface area contributed by atoms with E-state index in [1.54, 1.807) is 4.57 Å². The Bertz CT molecular complexity index is 398. The molecule has 5 nitrogen and oxygen atoms in total. The van der Waals surface area contributed by atoms with Crippen LogP contribution in [0.3, 0.4) is 0 Å². The fraction of sp³-hybridized carbons (Fsp3) is 0.600. The highest BCUT2D eigenvalue weighted by molar-refractivity contribution is 5.87. The van der Waals surface area contributed by atoms with Gasteiger partial charge in [0.1, 0.15) is 12.1 Å². The number of aryl methyl sites for hydroxylation is 1. The Morgan fingerprint density at radius 1 is 1.67 bits per heavy atom. The number of carboxylic acid groups (broad SMARTS) is 1. The van der Waals surface area contributed by atoms with Crippen molar-refractivity contribution in [3.63, 3.8) is 0 Å². The van der Waals surface area contributed by atoms with E-state index in [2.05, 4.69) is 4.98 Å². The highest BCUT2D eigenvalue weighted by atomic mass is 16.4. The summed E-state index contributed by atoms with van der Waals surface area (Å²) in [6.45, 7) is 1.91. The lowest BCUT2D eigenvalue weighted by Gasteiger charge is -2.22. The van der Waals surface area contributed by atoms with Crippen molar-refractivity contribution < 1.29 is 15.0 Å². The number of imidazole rings is 1. The summed E-state index contributed by atoms with van der Waals surface area (Å²) >= 11 is 0. The maximum absolute atomic E-state index is 11.0. The van der Waals surface area contributed by atoms with E-state index in [-0.39, 0.29) is 5.69 Å². The molecule has 0 aliphatic carbocycles. The van der Waals surface area contributed by atoms with Crippen LogP contribution in [0.1, 0.15) is 48.0 Å². The zero-order chi connectivity index (χ0) is 11.0. The normalized spacial score (nSPS) is 20.0. The van der Waals surface area contributed by atoms with E-state index in [0.717, 1.165) is 6.42 Å². The van der Waals surface area contributed by atoms with E-state index in [1.165, 1.54) is 0 Å². The smallest absolute Gasteiger partial charge is 0.356 e. The Balaban J connectivity index is 2.57. The molecule has 2 heterocycles. The van der Waals surface area contributed by atoms with Crippen molar-refractivity contribution in [3.05, 3.63) is 17.2 Å². The number of aromatic carboxylic acids is 1. The number of aromatic nitrogens is 2. The number of nitrogens with zero attached hydrogens (tertiary/aromatic N) is 2. The summed E-state index contributed by atoms with van der Waals surface area (Å²) in [5.41, 5.74) is 0.767. The quantitative estimate of drug-likeness (QED) is 0.762. The molecular formula is C10H14N2O3. The standard InChI is InChI=1S/C10H14N2O3/c1-2-7-11-9(10(14)15)6-4-3-5-8(13)12(6)7/h8,13H,2-5H2,1H3,(H,14,15). The molecule has 0 radical (unpaired) electrons. The van der Waals surface area contributed by atoms with Gasteiger partial charge >= 0.3 is 5.97 Å². The summed E-state index contributed by atoms with van der Waals surface area (Å²) in [6, 6.07) is 0. The maximum atomic E-state index is 11.0. The Hall–Kier alpha value is -1.36. The second-order valence-corrected chi connectivity index (χ2v) is 3.72. The molecule has 0 saturated heterocycles. The van der Waals surface area contributed by atoms with Gasteiger partial charge < -0.3 is 14.8 Å².